The smallest absolute Gasteiger partial charge is 0.381 e. The minimum absolute atomic E-state index is 0.188. The topological polar surface area (TPSA) is 50.1 Å². The molecule has 2 heterocycles. The Morgan fingerprint density at radius 2 is 2.13 bits per heavy atom. The predicted molar refractivity (Wildman–Crippen MR) is 45.0 cm³/mol. The van der Waals surface area contributed by atoms with E-state index in [9.17, 15) is 18.3 Å². The lowest BCUT2D eigenvalue weighted by Crippen LogP contribution is -2.57. The summed E-state index contributed by atoms with van der Waals surface area (Å²) in [6.07, 6.45) is -4.47. The van der Waals surface area contributed by atoms with Gasteiger partial charge in [0.2, 0.25) is 0 Å². The van der Waals surface area contributed by atoms with Crippen LogP contribution in [0.15, 0.2) is 6.07 Å². The summed E-state index contributed by atoms with van der Waals surface area (Å²) in [6, 6.07) is 0.890. The quantitative estimate of drug-likeness (QED) is 0.713. The number of aromatic nitrogens is 2. The number of alkyl halides is 3. The second kappa shape index (κ2) is 2.96. The van der Waals surface area contributed by atoms with Crippen LogP contribution in [0.4, 0.5) is 13.2 Å². The Hall–Kier alpha value is -1.08. The van der Waals surface area contributed by atoms with Gasteiger partial charge in [-0.2, -0.15) is 18.3 Å². The second-order valence-corrected chi connectivity index (χ2v) is 3.67. The van der Waals surface area contributed by atoms with Crippen LogP contribution >= 0.6 is 0 Å². The molecule has 15 heavy (non-hydrogen) atoms. The van der Waals surface area contributed by atoms with Crippen molar-refractivity contribution in [3.05, 3.63) is 17.5 Å². The molecule has 1 aromatic heterocycles. The van der Waals surface area contributed by atoms with E-state index in [4.69, 9.17) is 0 Å². The van der Waals surface area contributed by atoms with Crippen LogP contribution in [-0.4, -0.2) is 28.0 Å². The molecule has 0 aliphatic carbocycles. The van der Waals surface area contributed by atoms with Crippen molar-refractivity contribution in [2.24, 2.45) is 7.05 Å². The van der Waals surface area contributed by atoms with E-state index in [0.29, 0.717) is 0 Å². The number of hydrogen-bond donors (Lipinski definition) is 2. The van der Waals surface area contributed by atoms with Gasteiger partial charge in [-0.15, -0.1) is 0 Å². The average molecular weight is 221 g/mol. The summed E-state index contributed by atoms with van der Waals surface area (Å²) >= 11 is 0. The van der Waals surface area contributed by atoms with Gasteiger partial charge in [0.25, 0.3) is 0 Å². The Morgan fingerprint density at radius 1 is 1.53 bits per heavy atom. The van der Waals surface area contributed by atoms with Gasteiger partial charge in [0.05, 0.1) is 5.69 Å². The molecule has 1 aliphatic heterocycles. The Bertz CT molecular complexity index is 381. The molecule has 0 bridgehead atoms. The number of rotatable bonds is 1. The van der Waals surface area contributed by atoms with Crippen molar-refractivity contribution in [2.75, 3.05) is 13.1 Å². The normalized spacial score (nSPS) is 20.1. The van der Waals surface area contributed by atoms with Crippen molar-refractivity contribution in [1.82, 2.24) is 15.1 Å². The predicted octanol–water partition coefficient (Wildman–Crippen LogP) is 0.230. The summed E-state index contributed by atoms with van der Waals surface area (Å²) < 4.78 is 38.0. The Balaban J connectivity index is 2.38. The highest BCUT2D eigenvalue weighted by atomic mass is 19.4. The van der Waals surface area contributed by atoms with Crippen molar-refractivity contribution in [2.45, 2.75) is 11.8 Å². The number of nitrogens with zero attached hydrogens (tertiary/aromatic N) is 2. The van der Waals surface area contributed by atoms with Crippen LogP contribution in [0.2, 0.25) is 0 Å². The molecule has 0 spiro atoms. The van der Waals surface area contributed by atoms with Gasteiger partial charge in [-0.05, 0) is 6.07 Å². The maximum atomic E-state index is 12.3. The lowest BCUT2D eigenvalue weighted by Gasteiger charge is -2.37. The molecule has 1 aliphatic rings. The van der Waals surface area contributed by atoms with Crippen molar-refractivity contribution in [1.29, 1.82) is 0 Å². The molecule has 1 aromatic rings. The summed E-state index contributed by atoms with van der Waals surface area (Å²) in [6.45, 7) is 0.508. The molecule has 7 heteroatoms. The molecule has 0 aromatic carbocycles. The molecule has 2 N–H and O–H groups in total. The zero-order valence-corrected chi connectivity index (χ0v) is 7.97. The molecule has 1 saturated heterocycles. The standard InChI is InChI=1S/C8H10F3N3O/c1-14-6(7(15)3-12-4-7)2-5(13-14)8(9,10)11/h2,12,15H,3-4H2,1H3. The number of β-amino-alcohol motifs (C(OH)–C–C–N with tert-alkyl or cyclic N) is 1. The maximum Gasteiger partial charge on any atom is 0.435 e. The molecule has 0 saturated carbocycles. The van der Waals surface area contributed by atoms with Gasteiger partial charge in [0.15, 0.2) is 5.69 Å². The van der Waals surface area contributed by atoms with Crippen LogP contribution in [0.5, 0.6) is 0 Å². The van der Waals surface area contributed by atoms with Crippen LogP contribution in [0.3, 0.4) is 0 Å². The van der Waals surface area contributed by atoms with Crippen molar-refractivity contribution in [3.63, 3.8) is 0 Å². The minimum atomic E-state index is -4.47. The van der Waals surface area contributed by atoms with Crippen LogP contribution in [0.25, 0.3) is 0 Å². The fourth-order valence-electron chi connectivity index (χ4n) is 1.58. The summed E-state index contributed by atoms with van der Waals surface area (Å²) in [4.78, 5) is 0. The first-order valence-electron chi connectivity index (χ1n) is 4.38. The van der Waals surface area contributed by atoms with Gasteiger partial charge in [0.1, 0.15) is 5.60 Å². The summed E-state index contributed by atoms with van der Waals surface area (Å²) in [7, 11) is 1.39. The van der Waals surface area contributed by atoms with E-state index in [1.54, 1.807) is 0 Å². The third-order valence-corrected chi connectivity index (χ3v) is 2.48. The van der Waals surface area contributed by atoms with Gasteiger partial charge in [-0.1, -0.05) is 0 Å². The first-order chi connectivity index (χ1) is 6.83. The maximum absolute atomic E-state index is 12.3. The Labute approximate surface area is 83.7 Å². The minimum Gasteiger partial charge on any atom is -0.381 e. The van der Waals surface area contributed by atoms with Crippen LogP contribution < -0.4 is 5.32 Å². The van der Waals surface area contributed by atoms with E-state index in [0.717, 1.165) is 10.7 Å². The zero-order chi connectivity index (χ0) is 11.3. The van der Waals surface area contributed by atoms with Gasteiger partial charge in [0, 0.05) is 20.1 Å². The molecular formula is C8H10F3N3O. The van der Waals surface area contributed by atoms with Crippen LogP contribution in [-0.2, 0) is 18.8 Å². The Kier molecular flexibility index (Phi) is 2.06. The van der Waals surface area contributed by atoms with Crippen molar-refractivity contribution >= 4 is 0 Å². The number of halogens is 3. The molecule has 0 unspecified atom stereocenters. The van der Waals surface area contributed by atoms with E-state index in [-0.39, 0.29) is 18.8 Å². The molecule has 0 radical (unpaired) electrons. The van der Waals surface area contributed by atoms with E-state index in [1.807, 2.05) is 0 Å². The average Bonchev–Trinajstić information content (AvgIpc) is 2.42. The van der Waals surface area contributed by atoms with Gasteiger partial charge in [-0.3, -0.25) is 4.68 Å². The van der Waals surface area contributed by atoms with E-state index >= 15 is 0 Å². The molecular weight excluding hydrogens is 211 g/mol. The fraction of sp³-hybridized carbons (Fsp3) is 0.625. The van der Waals surface area contributed by atoms with Gasteiger partial charge >= 0.3 is 6.18 Å². The fourth-order valence-corrected chi connectivity index (χ4v) is 1.58. The monoisotopic (exact) mass is 221 g/mol. The van der Waals surface area contributed by atoms with E-state index in [2.05, 4.69) is 10.4 Å². The number of aryl methyl sites for hydroxylation is 1. The number of hydrogen-bond acceptors (Lipinski definition) is 3. The number of nitrogens with one attached hydrogen (secondary N) is 1. The first-order valence-corrected chi connectivity index (χ1v) is 4.38. The van der Waals surface area contributed by atoms with Gasteiger partial charge < -0.3 is 10.4 Å². The second-order valence-electron chi connectivity index (χ2n) is 3.67. The summed E-state index contributed by atoms with van der Waals surface area (Å²) in [5.74, 6) is 0. The molecule has 4 nitrogen and oxygen atoms in total. The van der Waals surface area contributed by atoms with E-state index < -0.39 is 17.5 Å². The van der Waals surface area contributed by atoms with Crippen LogP contribution in [0.1, 0.15) is 11.4 Å². The number of aliphatic hydroxyl groups is 1. The third kappa shape index (κ3) is 1.61. The third-order valence-electron chi connectivity index (χ3n) is 2.48. The molecule has 0 atom stereocenters. The molecule has 0 amide bonds. The Morgan fingerprint density at radius 3 is 2.47 bits per heavy atom. The van der Waals surface area contributed by atoms with Crippen molar-refractivity contribution < 1.29 is 18.3 Å². The molecule has 2 rings (SSSR count). The van der Waals surface area contributed by atoms with Gasteiger partial charge in [-0.25, -0.2) is 0 Å². The van der Waals surface area contributed by atoms with E-state index in [1.165, 1.54) is 7.05 Å². The van der Waals surface area contributed by atoms with Crippen molar-refractivity contribution in [3.8, 4) is 0 Å². The summed E-state index contributed by atoms with van der Waals surface area (Å²) in [5, 5.41) is 16.0. The highest BCUT2D eigenvalue weighted by molar-refractivity contribution is 5.23. The largest absolute Gasteiger partial charge is 0.435 e. The highest BCUT2D eigenvalue weighted by Gasteiger charge is 2.42. The molecule has 1 fully saturated rings. The first kappa shape index (κ1) is 10.4. The highest BCUT2D eigenvalue weighted by Crippen LogP contribution is 2.32. The van der Waals surface area contributed by atoms with Crippen LogP contribution in [0, 0.1) is 0 Å². The zero-order valence-electron chi connectivity index (χ0n) is 7.97. The lowest BCUT2D eigenvalue weighted by atomic mass is 9.93. The molecule has 84 valence electrons. The lowest BCUT2D eigenvalue weighted by molar-refractivity contribution is -0.141. The SMILES string of the molecule is Cn1nc(C(F)(F)F)cc1C1(O)CNC1. The summed E-state index contributed by atoms with van der Waals surface area (Å²) in [5.41, 5.74) is -2.00.